The number of rotatable bonds is 3. The quantitative estimate of drug-likeness (QED) is 0.916. The molecule has 1 fully saturated rings. The topological polar surface area (TPSA) is 76.3 Å². The van der Waals surface area contributed by atoms with Gasteiger partial charge in [0.25, 0.3) is 10.0 Å². The molecule has 22 heavy (non-hydrogen) atoms. The molecule has 5 nitrogen and oxygen atoms in total. The van der Waals surface area contributed by atoms with E-state index in [1.54, 1.807) is 21.7 Å². The molecule has 0 aromatic carbocycles. The van der Waals surface area contributed by atoms with Crippen LogP contribution in [0.2, 0.25) is 0 Å². The van der Waals surface area contributed by atoms with Crippen LogP contribution in [0.25, 0.3) is 10.6 Å². The number of piperidine rings is 1. The van der Waals surface area contributed by atoms with Gasteiger partial charge in [-0.3, -0.25) is 0 Å². The Labute approximate surface area is 138 Å². The number of hydrogen-bond donors (Lipinski definition) is 1. The van der Waals surface area contributed by atoms with Crippen LogP contribution in [0.15, 0.2) is 21.7 Å². The van der Waals surface area contributed by atoms with Gasteiger partial charge in [0.2, 0.25) is 0 Å². The summed E-state index contributed by atoms with van der Waals surface area (Å²) in [5, 5.41) is 2.94. The van der Waals surface area contributed by atoms with Gasteiger partial charge in [-0.25, -0.2) is 13.4 Å². The van der Waals surface area contributed by atoms with Crippen molar-refractivity contribution in [2.45, 2.75) is 43.0 Å². The Hall–Kier alpha value is -0.800. The molecule has 2 aromatic rings. The number of sulfonamides is 1. The summed E-state index contributed by atoms with van der Waals surface area (Å²) in [4.78, 5) is 5.31. The lowest BCUT2D eigenvalue weighted by atomic mass is 10.0. The monoisotopic (exact) mass is 357 g/mol. The van der Waals surface area contributed by atoms with Gasteiger partial charge in [0, 0.05) is 24.0 Å². The number of nitrogens with zero attached hydrogens (tertiary/aromatic N) is 2. The third kappa shape index (κ3) is 2.98. The Kier molecular flexibility index (Phi) is 4.39. The maximum atomic E-state index is 12.8. The van der Waals surface area contributed by atoms with Crippen LogP contribution >= 0.6 is 22.7 Å². The third-order valence-corrected chi connectivity index (χ3v) is 8.23. The number of thiophene rings is 1. The molecule has 1 aliphatic heterocycles. The zero-order valence-corrected chi connectivity index (χ0v) is 15.0. The van der Waals surface area contributed by atoms with E-state index in [-0.39, 0.29) is 12.1 Å². The first-order valence-electron chi connectivity index (χ1n) is 7.17. The standard InChI is InChI=1S/C14H19N3O2S3/c1-9-7-11(15)5-6-17(9)22(18,19)14-4-3-13(21-14)12-8-20-10(2)16-12/h3-4,8-9,11H,5-7,15H2,1-2H3/t9-,11-/m1/s1. The van der Waals surface area contributed by atoms with Crippen molar-refractivity contribution in [1.29, 1.82) is 0 Å². The first-order chi connectivity index (χ1) is 10.4. The first-order valence-corrected chi connectivity index (χ1v) is 10.3. The van der Waals surface area contributed by atoms with Crippen LogP contribution in [0.1, 0.15) is 24.8 Å². The highest BCUT2D eigenvalue weighted by atomic mass is 32.2. The van der Waals surface area contributed by atoms with Gasteiger partial charge in [-0.05, 0) is 38.8 Å². The molecule has 8 heteroatoms. The minimum absolute atomic E-state index is 0.0548. The van der Waals surface area contributed by atoms with Gasteiger partial charge in [-0.2, -0.15) is 4.31 Å². The highest BCUT2D eigenvalue weighted by Gasteiger charge is 2.34. The van der Waals surface area contributed by atoms with E-state index in [2.05, 4.69) is 4.98 Å². The van der Waals surface area contributed by atoms with E-state index >= 15 is 0 Å². The van der Waals surface area contributed by atoms with Crippen molar-refractivity contribution in [2.24, 2.45) is 5.73 Å². The van der Waals surface area contributed by atoms with Gasteiger partial charge in [0.1, 0.15) is 4.21 Å². The van der Waals surface area contributed by atoms with Crippen molar-refractivity contribution in [3.63, 3.8) is 0 Å². The molecule has 2 aromatic heterocycles. The summed E-state index contributed by atoms with van der Waals surface area (Å²) in [5.74, 6) is 0. The normalized spacial score (nSPS) is 23.8. The largest absolute Gasteiger partial charge is 0.328 e. The van der Waals surface area contributed by atoms with E-state index in [0.717, 1.165) is 15.6 Å². The Morgan fingerprint density at radius 1 is 1.41 bits per heavy atom. The molecule has 1 saturated heterocycles. The number of aryl methyl sites for hydroxylation is 1. The Morgan fingerprint density at radius 2 is 2.18 bits per heavy atom. The van der Waals surface area contributed by atoms with Crippen molar-refractivity contribution >= 4 is 32.7 Å². The van der Waals surface area contributed by atoms with E-state index in [9.17, 15) is 8.42 Å². The summed E-state index contributed by atoms with van der Waals surface area (Å²) in [7, 11) is -3.44. The molecular weight excluding hydrogens is 338 g/mol. The number of hydrogen-bond acceptors (Lipinski definition) is 6. The molecule has 0 aliphatic carbocycles. The van der Waals surface area contributed by atoms with E-state index in [1.165, 1.54) is 11.3 Å². The summed E-state index contributed by atoms with van der Waals surface area (Å²) in [5.41, 5.74) is 6.78. The minimum Gasteiger partial charge on any atom is -0.328 e. The zero-order chi connectivity index (χ0) is 15.9. The summed E-state index contributed by atoms with van der Waals surface area (Å²) < 4.78 is 27.6. The molecule has 0 bridgehead atoms. The summed E-state index contributed by atoms with van der Waals surface area (Å²) in [6.07, 6.45) is 1.43. The molecule has 2 N–H and O–H groups in total. The Morgan fingerprint density at radius 3 is 2.82 bits per heavy atom. The molecule has 3 heterocycles. The predicted octanol–water partition coefficient (Wildman–Crippen LogP) is 2.68. The zero-order valence-electron chi connectivity index (χ0n) is 12.5. The van der Waals surface area contributed by atoms with Gasteiger partial charge < -0.3 is 5.73 Å². The fourth-order valence-corrected chi connectivity index (χ4v) is 6.47. The maximum absolute atomic E-state index is 12.8. The fourth-order valence-electron chi connectivity index (χ4n) is 2.73. The maximum Gasteiger partial charge on any atom is 0.252 e. The van der Waals surface area contributed by atoms with Crippen molar-refractivity contribution in [3.05, 3.63) is 22.5 Å². The van der Waals surface area contributed by atoms with Crippen molar-refractivity contribution in [2.75, 3.05) is 6.54 Å². The summed E-state index contributed by atoms with van der Waals surface area (Å²) in [6, 6.07) is 3.57. The second-order valence-electron chi connectivity index (χ2n) is 5.62. The molecule has 0 amide bonds. The molecule has 3 rings (SSSR count). The lowest BCUT2D eigenvalue weighted by Gasteiger charge is -2.34. The fraction of sp³-hybridized carbons (Fsp3) is 0.500. The lowest BCUT2D eigenvalue weighted by molar-refractivity contribution is 0.247. The molecule has 0 saturated carbocycles. The van der Waals surface area contributed by atoms with Crippen LogP contribution < -0.4 is 5.73 Å². The lowest BCUT2D eigenvalue weighted by Crippen LogP contribution is -2.48. The van der Waals surface area contributed by atoms with E-state index in [0.29, 0.717) is 23.6 Å². The Balaban J connectivity index is 1.88. The van der Waals surface area contributed by atoms with Gasteiger partial charge in [-0.15, -0.1) is 22.7 Å². The summed E-state index contributed by atoms with van der Waals surface area (Å²) >= 11 is 2.85. The van der Waals surface area contributed by atoms with Crippen LogP contribution in [0.4, 0.5) is 0 Å². The van der Waals surface area contributed by atoms with Crippen molar-refractivity contribution in [3.8, 4) is 10.6 Å². The molecule has 2 atom stereocenters. The van der Waals surface area contributed by atoms with E-state index < -0.39 is 10.0 Å². The second-order valence-corrected chi connectivity index (χ2v) is 9.88. The summed E-state index contributed by atoms with van der Waals surface area (Å²) in [6.45, 7) is 4.36. The molecule has 1 aliphatic rings. The number of nitrogens with two attached hydrogens (primary N) is 1. The van der Waals surface area contributed by atoms with Gasteiger partial charge in [0.15, 0.2) is 0 Å². The average Bonchev–Trinajstić information content (AvgIpc) is 3.06. The van der Waals surface area contributed by atoms with Crippen LogP contribution in [0.3, 0.4) is 0 Å². The second kappa shape index (κ2) is 6.01. The molecular formula is C14H19N3O2S3. The number of thiazole rings is 1. The van der Waals surface area contributed by atoms with Crippen LogP contribution in [-0.4, -0.2) is 36.3 Å². The van der Waals surface area contributed by atoms with Crippen LogP contribution in [0.5, 0.6) is 0 Å². The minimum atomic E-state index is -3.44. The van der Waals surface area contributed by atoms with E-state index in [1.807, 2.05) is 25.3 Å². The van der Waals surface area contributed by atoms with Crippen LogP contribution in [-0.2, 0) is 10.0 Å². The molecule has 0 radical (unpaired) electrons. The van der Waals surface area contributed by atoms with E-state index in [4.69, 9.17) is 5.73 Å². The highest BCUT2D eigenvalue weighted by molar-refractivity contribution is 7.91. The average molecular weight is 358 g/mol. The van der Waals surface area contributed by atoms with Gasteiger partial charge >= 0.3 is 0 Å². The van der Waals surface area contributed by atoms with Crippen molar-refractivity contribution < 1.29 is 8.42 Å². The molecule has 0 unspecified atom stereocenters. The van der Waals surface area contributed by atoms with Crippen molar-refractivity contribution in [1.82, 2.24) is 9.29 Å². The molecule has 0 spiro atoms. The van der Waals surface area contributed by atoms with Crippen LogP contribution in [0, 0.1) is 6.92 Å². The molecule has 120 valence electrons. The third-order valence-electron chi connectivity index (χ3n) is 3.87. The van der Waals surface area contributed by atoms with Gasteiger partial charge in [0.05, 0.1) is 15.6 Å². The smallest absolute Gasteiger partial charge is 0.252 e. The van der Waals surface area contributed by atoms with Gasteiger partial charge in [-0.1, -0.05) is 0 Å². The predicted molar refractivity (Wildman–Crippen MR) is 90.7 cm³/mol. The highest BCUT2D eigenvalue weighted by Crippen LogP contribution is 2.34. The Bertz CT molecular complexity index is 766. The first kappa shape index (κ1) is 16.1. The number of aromatic nitrogens is 1. The SMILES string of the molecule is Cc1nc(-c2ccc(S(=O)(=O)N3CC[C@@H](N)C[C@H]3C)s2)cs1.